The predicted octanol–water partition coefficient (Wildman–Crippen LogP) is 4.49. The van der Waals surface area contributed by atoms with Crippen LogP contribution in [0.1, 0.15) is 11.3 Å². The smallest absolute Gasteiger partial charge is 0.213 e. The maximum Gasteiger partial charge on any atom is 0.213 e. The van der Waals surface area contributed by atoms with Crippen molar-refractivity contribution in [2.24, 2.45) is 14.1 Å². The first-order chi connectivity index (χ1) is 13.5. The molecule has 0 aliphatic heterocycles. The Kier molecular flexibility index (Phi) is 3.59. The second-order valence-corrected chi connectivity index (χ2v) is 7.28. The van der Waals surface area contributed by atoms with Crippen molar-refractivity contribution >= 4 is 21.9 Å². The van der Waals surface area contributed by atoms with Gasteiger partial charge in [0.2, 0.25) is 5.69 Å². The van der Waals surface area contributed by atoms with Gasteiger partial charge in [-0.25, -0.2) is 9.55 Å². The minimum Gasteiger partial charge on any atom is -0.456 e. The minimum atomic E-state index is 0.852. The Morgan fingerprint density at radius 2 is 1.93 bits per heavy atom. The molecule has 0 bridgehead atoms. The summed E-state index contributed by atoms with van der Waals surface area (Å²) in [5.74, 6) is 0.925. The van der Waals surface area contributed by atoms with Gasteiger partial charge in [-0.1, -0.05) is 0 Å². The first-order valence-electron chi connectivity index (χ1n) is 9.30. The van der Waals surface area contributed by atoms with Crippen LogP contribution in [0.25, 0.3) is 44.6 Å². The monoisotopic (exact) mass is 369 g/mol. The van der Waals surface area contributed by atoms with Crippen molar-refractivity contribution in [1.82, 2.24) is 14.5 Å². The van der Waals surface area contributed by atoms with Gasteiger partial charge in [-0.15, -0.1) is 0 Å². The third kappa shape index (κ3) is 2.36. The van der Waals surface area contributed by atoms with E-state index in [9.17, 15) is 0 Å². The van der Waals surface area contributed by atoms with Gasteiger partial charge in [0.05, 0.1) is 5.56 Å². The molecule has 0 fully saturated rings. The van der Waals surface area contributed by atoms with Crippen molar-refractivity contribution in [1.29, 1.82) is 0 Å². The van der Waals surface area contributed by atoms with E-state index in [0.29, 0.717) is 0 Å². The van der Waals surface area contributed by atoms with Gasteiger partial charge in [-0.3, -0.25) is 4.98 Å². The first kappa shape index (κ1) is 16.7. The van der Waals surface area contributed by atoms with Crippen LogP contribution < -0.4 is 4.57 Å². The second kappa shape index (κ2) is 6.02. The molecule has 0 aliphatic rings. The van der Waals surface area contributed by atoms with Crippen molar-refractivity contribution < 1.29 is 8.98 Å². The Bertz CT molecular complexity index is 1360. The third-order valence-corrected chi connectivity index (χ3v) is 5.42. The maximum absolute atomic E-state index is 6.28. The molecule has 138 valence electrons. The first-order valence-corrected chi connectivity index (χ1v) is 9.30. The predicted molar refractivity (Wildman–Crippen MR) is 110 cm³/mol. The number of furan rings is 1. The Hall–Kier alpha value is -3.47. The van der Waals surface area contributed by atoms with Crippen molar-refractivity contribution in [3.63, 3.8) is 0 Å². The maximum atomic E-state index is 6.28. The molecule has 5 heteroatoms. The molecule has 0 aliphatic carbocycles. The van der Waals surface area contributed by atoms with Crippen LogP contribution in [0.4, 0.5) is 0 Å². The highest BCUT2D eigenvalue weighted by atomic mass is 16.3. The summed E-state index contributed by atoms with van der Waals surface area (Å²) in [6.07, 6.45) is 7.78. The number of nitrogens with zero attached hydrogens (tertiary/aromatic N) is 4. The molecule has 0 N–H and O–H groups in total. The van der Waals surface area contributed by atoms with Crippen LogP contribution in [0, 0.1) is 13.8 Å². The number of hydrogen-bond donors (Lipinski definition) is 0. The van der Waals surface area contributed by atoms with Crippen LogP contribution in [0.15, 0.2) is 59.5 Å². The van der Waals surface area contributed by atoms with Crippen molar-refractivity contribution in [2.45, 2.75) is 13.8 Å². The van der Waals surface area contributed by atoms with Gasteiger partial charge < -0.3 is 8.98 Å². The summed E-state index contributed by atoms with van der Waals surface area (Å²) in [7, 11) is 4.08. The van der Waals surface area contributed by atoms with Crippen LogP contribution >= 0.6 is 0 Å². The number of rotatable bonds is 2. The third-order valence-electron chi connectivity index (χ3n) is 5.42. The Morgan fingerprint density at radius 1 is 1.07 bits per heavy atom. The van der Waals surface area contributed by atoms with Crippen LogP contribution in [0.3, 0.4) is 0 Å². The second-order valence-electron chi connectivity index (χ2n) is 7.28. The molecule has 0 spiro atoms. The average Bonchev–Trinajstić information content (AvgIpc) is 3.25. The molecule has 28 heavy (non-hydrogen) atoms. The lowest BCUT2D eigenvalue weighted by Gasteiger charge is -2.12. The van der Waals surface area contributed by atoms with Gasteiger partial charge in [0.25, 0.3) is 0 Å². The van der Waals surface area contributed by atoms with E-state index < -0.39 is 0 Å². The van der Waals surface area contributed by atoms with E-state index in [4.69, 9.17) is 4.42 Å². The lowest BCUT2D eigenvalue weighted by Crippen LogP contribution is -2.30. The summed E-state index contributed by atoms with van der Waals surface area (Å²) < 4.78 is 10.5. The molecule has 0 unspecified atom stereocenters. The Morgan fingerprint density at radius 3 is 2.68 bits per heavy atom. The van der Waals surface area contributed by atoms with Crippen molar-refractivity contribution in [3.8, 4) is 22.6 Å². The Labute approximate surface area is 162 Å². The fourth-order valence-electron chi connectivity index (χ4n) is 3.99. The molecule has 5 aromatic rings. The highest BCUT2D eigenvalue weighted by molar-refractivity contribution is 6.13. The molecule has 4 heterocycles. The summed E-state index contributed by atoms with van der Waals surface area (Å²) in [4.78, 5) is 9.10. The van der Waals surface area contributed by atoms with Crippen LogP contribution in [0.5, 0.6) is 0 Å². The molecule has 5 rings (SSSR count). The topological polar surface area (TPSA) is 47.7 Å². The number of imidazole rings is 1. The van der Waals surface area contributed by atoms with Gasteiger partial charge in [0, 0.05) is 65.9 Å². The summed E-state index contributed by atoms with van der Waals surface area (Å²) in [5.41, 5.74) is 7.18. The van der Waals surface area contributed by atoms with Gasteiger partial charge in [-0.2, -0.15) is 0 Å². The average molecular weight is 369 g/mol. The lowest BCUT2D eigenvalue weighted by atomic mass is 9.94. The van der Waals surface area contributed by atoms with Gasteiger partial charge in [0.1, 0.15) is 24.0 Å². The zero-order valence-corrected chi connectivity index (χ0v) is 16.4. The molecule has 5 nitrogen and oxygen atoms in total. The van der Waals surface area contributed by atoms with Crippen molar-refractivity contribution in [2.75, 3.05) is 0 Å². The van der Waals surface area contributed by atoms with E-state index in [1.165, 1.54) is 5.56 Å². The number of aromatic nitrogens is 4. The number of hydrogen-bond acceptors (Lipinski definition) is 3. The Balaban J connectivity index is 1.99. The minimum absolute atomic E-state index is 0.852. The molecule has 0 atom stereocenters. The number of benzene rings is 1. The zero-order valence-electron chi connectivity index (χ0n) is 16.4. The summed E-state index contributed by atoms with van der Waals surface area (Å²) in [6.45, 7) is 4.14. The lowest BCUT2D eigenvalue weighted by molar-refractivity contribution is -0.660. The normalized spacial score (nSPS) is 11.6. The molecular weight excluding hydrogens is 348 g/mol. The van der Waals surface area contributed by atoms with E-state index in [1.54, 1.807) is 0 Å². The van der Waals surface area contributed by atoms with E-state index in [0.717, 1.165) is 50.3 Å². The van der Waals surface area contributed by atoms with Gasteiger partial charge in [-0.05, 0) is 31.5 Å². The van der Waals surface area contributed by atoms with E-state index in [-0.39, 0.29) is 0 Å². The number of pyridine rings is 2. The largest absolute Gasteiger partial charge is 0.456 e. The van der Waals surface area contributed by atoms with Crippen LogP contribution in [0.2, 0.25) is 0 Å². The summed E-state index contributed by atoms with van der Waals surface area (Å²) >= 11 is 0. The summed E-state index contributed by atoms with van der Waals surface area (Å²) in [5, 5.41) is 2.13. The van der Waals surface area contributed by atoms with E-state index >= 15 is 0 Å². The molecular formula is C23H21N4O+. The summed E-state index contributed by atoms with van der Waals surface area (Å²) in [6, 6.07) is 10.4. The zero-order chi connectivity index (χ0) is 19.4. The number of aryl methyl sites for hydroxylation is 3. The molecule has 4 aromatic heterocycles. The highest BCUT2D eigenvalue weighted by Gasteiger charge is 2.24. The van der Waals surface area contributed by atoms with Gasteiger partial charge in [0.15, 0.2) is 6.20 Å². The fraction of sp³-hybridized carbons (Fsp3) is 0.174. The SMILES string of the molecule is Cc1cc2oc3cc(-c4nccn4C)c(C)c(-c4cccc[n+]4C)c3c2cn1. The van der Waals surface area contributed by atoms with Crippen LogP contribution in [-0.4, -0.2) is 14.5 Å². The molecule has 0 saturated carbocycles. The molecule has 0 radical (unpaired) electrons. The molecule has 1 aromatic carbocycles. The van der Waals surface area contributed by atoms with E-state index in [2.05, 4.69) is 52.9 Å². The van der Waals surface area contributed by atoms with Gasteiger partial charge >= 0.3 is 0 Å². The molecule has 0 amide bonds. The molecule has 0 saturated heterocycles. The van der Waals surface area contributed by atoms with Crippen molar-refractivity contribution in [3.05, 3.63) is 66.4 Å². The van der Waals surface area contributed by atoms with E-state index in [1.807, 2.05) is 49.3 Å². The quantitative estimate of drug-likeness (QED) is 0.431. The standard InChI is InChI=1S/C23H21N4O/c1-14-11-19-17(13-25-14)22-20(28-19)12-16(23-24-8-10-27(23)4)15(2)21(22)18-7-5-6-9-26(18)3/h5-13H,1-4H3/q+1. The highest BCUT2D eigenvalue weighted by Crippen LogP contribution is 2.41. The fourth-order valence-corrected chi connectivity index (χ4v) is 3.99. The number of fused-ring (bicyclic) bond motifs is 3. The van der Waals surface area contributed by atoms with Crippen LogP contribution in [-0.2, 0) is 14.1 Å².